The van der Waals surface area contributed by atoms with Gasteiger partial charge in [0.25, 0.3) is 0 Å². The highest BCUT2D eigenvalue weighted by atomic mass is 16.5. The van der Waals surface area contributed by atoms with E-state index in [9.17, 15) is 4.79 Å². The van der Waals surface area contributed by atoms with Crippen LogP contribution in [0, 0.1) is 11.3 Å². The number of rotatable bonds is 4. The molecule has 0 bridgehead atoms. The number of nitrogens with zero attached hydrogens (tertiary/aromatic N) is 1. The zero-order valence-corrected chi connectivity index (χ0v) is 8.74. The largest absolute Gasteiger partial charge is 0.368 e. The van der Waals surface area contributed by atoms with Gasteiger partial charge in [-0.15, -0.1) is 0 Å². The minimum Gasteiger partial charge on any atom is -0.368 e. The molecular formula is C10H17N3O2. The van der Waals surface area contributed by atoms with Crippen LogP contribution in [0.5, 0.6) is 0 Å². The number of nitriles is 1. The smallest absolute Gasteiger partial charge is 0.246 e. The summed E-state index contributed by atoms with van der Waals surface area (Å²) in [6.07, 6.45) is 3.92. The van der Waals surface area contributed by atoms with Gasteiger partial charge >= 0.3 is 0 Å². The molecule has 15 heavy (non-hydrogen) atoms. The van der Waals surface area contributed by atoms with Gasteiger partial charge in [0.05, 0.1) is 12.2 Å². The average Bonchev–Trinajstić information content (AvgIpc) is 2.25. The van der Waals surface area contributed by atoms with Crippen molar-refractivity contribution in [1.29, 1.82) is 5.26 Å². The van der Waals surface area contributed by atoms with Crippen molar-refractivity contribution in [3.05, 3.63) is 0 Å². The van der Waals surface area contributed by atoms with E-state index in [1.807, 2.05) is 6.07 Å². The molecule has 0 atom stereocenters. The summed E-state index contributed by atoms with van der Waals surface area (Å²) in [5, 5.41) is 10.7. The number of carbonyl (C=O) groups excluding carboxylic acids is 1. The summed E-state index contributed by atoms with van der Waals surface area (Å²) in [6.45, 7) is 0.0827. The lowest BCUT2D eigenvalue weighted by atomic mass is 9.94. The predicted molar refractivity (Wildman–Crippen MR) is 54.8 cm³/mol. The minimum absolute atomic E-state index is 0.0394. The van der Waals surface area contributed by atoms with Crippen molar-refractivity contribution < 1.29 is 9.53 Å². The summed E-state index contributed by atoms with van der Waals surface area (Å²) in [6, 6.07) is 2.13. The van der Waals surface area contributed by atoms with Gasteiger partial charge in [0.2, 0.25) is 5.91 Å². The zero-order chi connectivity index (χ0) is 11.1. The topological polar surface area (TPSA) is 88.1 Å². The number of ether oxygens (including phenoxy) is 1. The molecule has 5 heteroatoms. The Morgan fingerprint density at radius 3 is 2.73 bits per heavy atom. The van der Waals surface area contributed by atoms with E-state index in [1.165, 1.54) is 0 Å². The van der Waals surface area contributed by atoms with Crippen LogP contribution in [0.1, 0.15) is 25.7 Å². The fourth-order valence-electron chi connectivity index (χ4n) is 1.64. The van der Waals surface area contributed by atoms with Crippen LogP contribution in [0.25, 0.3) is 0 Å². The Morgan fingerprint density at radius 2 is 2.13 bits per heavy atom. The fraction of sp³-hybridized carbons (Fsp3) is 0.800. The molecule has 1 fully saturated rings. The lowest BCUT2D eigenvalue weighted by Gasteiger charge is -2.25. The monoisotopic (exact) mass is 211 g/mol. The highest BCUT2D eigenvalue weighted by Gasteiger charge is 2.19. The van der Waals surface area contributed by atoms with Gasteiger partial charge in [-0.1, -0.05) is 0 Å². The van der Waals surface area contributed by atoms with Crippen molar-refractivity contribution in [2.45, 2.75) is 37.8 Å². The number of nitrogens with two attached hydrogens (primary N) is 1. The number of hydrogen-bond donors (Lipinski definition) is 2. The Balaban J connectivity index is 2.09. The van der Waals surface area contributed by atoms with Gasteiger partial charge in [-0.2, -0.15) is 5.26 Å². The summed E-state index contributed by atoms with van der Waals surface area (Å²) >= 11 is 0. The van der Waals surface area contributed by atoms with Gasteiger partial charge in [0, 0.05) is 6.04 Å². The first-order valence-corrected chi connectivity index (χ1v) is 5.23. The van der Waals surface area contributed by atoms with Gasteiger partial charge in [0.15, 0.2) is 0 Å². The average molecular weight is 211 g/mol. The third-order valence-corrected chi connectivity index (χ3v) is 2.53. The number of nitrogens with one attached hydrogen (secondary N) is 1. The van der Waals surface area contributed by atoms with E-state index in [1.54, 1.807) is 0 Å². The molecule has 0 aromatic rings. The molecule has 5 nitrogen and oxygen atoms in total. The van der Waals surface area contributed by atoms with E-state index in [0.717, 1.165) is 25.7 Å². The Morgan fingerprint density at radius 1 is 1.47 bits per heavy atom. The lowest BCUT2D eigenvalue weighted by Crippen LogP contribution is -2.34. The second kappa shape index (κ2) is 6.38. The maximum Gasteiger partial charge on any atom is 0.246 e. The van der Waals surface area contributed by atoms with E-state index < -0.39 is 0 Å². The van der Waals surface area contributed by atoms with Crippen LogP contribution in [-0.4, -0.2) is 31.2 Å². The van der Waals surface area contributed by atoms with Crippen molar-refractivity contribution in [2.75, 3.05) is 13.2 Å². The Labute approximate surface area is 89.6 Å². The molecule has 1 aliphatic rings. The highest BCUT2D eigenvalue weighted by molar-refractivity contribution is 5.77. The van der Waals surface area contributed by atoms with Crippen LogP contribution in [0.15, 0.2) is 0 Å². The third-order valence-electron chi connectivity index (χ3n) is 2.53. The predicted octanol–water partition coefficient (Wildman–Crippen LogP) is -0.0873. The molecule has 84 valence electrons. The van der Waals surface area contributed by atoms with Crippen LogP contribution in [-0.2, 0) is 9.53 Å². The number of hydrogen-bond acceptors (Lipinski definition) is 4. The fourth-order valence-corrected chi connectivity index (χ4v) is 1.64. The summed E-state index contributed by atoms with van der Waals surface area (Å²) in [5.74, 6) is -0.230. The molecule has 0 unspecified atom stereocenters. The second-order valence-corrected chi connectivity index (χ2v) is 3.78. The van der Waals surface area contributed by atoms with Crippen LogP contribution >= 0.6 is 0 Å². The molecule has 1 aliphatic carbocycles. The van der Waals surface area contributed by atoms with Crippen molar-refractivity contribution in [3.8, 4) is 6.07 Å². The van der Waals surface area contributed by atoms with Crippen LogP contribution in [0.4, 0.5) is 0 Å². The molecule has 3 N–H and O–H groups in total. The van der Waals surface area contributed by atoms with E-state index in [4.69, 9.17) is 15.7 Å². The molecule has 1 amide bonds. The van der Waals surface area contributed by atoms with Crippen molar-refractivity contribution in [1.82, 2.24) is 5.32 Å². The molecule has 0 aromatic carbocycles. The molecule has 0 aliphatic heterocycles. The molecule has 1 rings (SSSR count). The second-order valence-electron chi connectivity index (χ2n) is 3.78. The molecular weight excluding hydrogens is 194 g/mol. The van der Waals surface area contributed by atoms with E-state index in [0.29, 0.717) is 0 Å². The minimum atomic E-state index is -0.230. The first-order valence-electron chi connectivity index (χ1n) is 5.23. The van der Waals surface area contributed by atoms with Gasteiger partial charge in [-0.05, 0) is 25.7 Å². The molecule has 0 heterocycles. The number of carbonyl (C=O) groups is 1. The summed E-state index contributed by atoms with van der Waals surface area (Å²) in [7, 11) is 0. The maximum absolute atomic E-state index is 11.1. The Kier molecular flexibility index (Phi) is 5.08. The standard InChI is InChI=1S/C10H17N3O2/c11-5-6-13-10(14)7-15-9-3-1-8(12)2-4-9/h8-9H,1-4,6-7,12H2,(H,13,14). The summed E-state index contributed by atoms with van der Waals surface area (Å²) in [4.78, 5) is 11.1. The lowest BCUT2D eigenvalue weighted by molar-refractivity contribution is -0.128. The van der Waals surface area contributed by atoms with Crippen LogP contribution < -0.4 is 11.1 Å². The SMILES string of the molecule is N#CCNC(=O)COC1CCC(N)CC1. The molecule has 0 radical (unpaired) electrons. The Hall–Kier alpha value is -1.12. The van der Waals surface area contributed by atoms with Crippen LogP contribution in [0.2, 0.25) is 0 Å². The van der Waals surface area contributed by atoms with Gasteiger partial charge in [-0.25, -0.2) is 0 Å². The van der Waals surface area contributed by atoms with Crippen molar-refractivity contribution in [3.63, 3.8) is 0 Å². The maximum atomic E-state index is 11.1. The summed E-state index contributed by atoms with van der Waals surface area (Å²) < 4.78 is 5.41. The van der Waals surface area contributed by atoms with E-state index >= 15 is 0 Å². The molecule has 0 spiro atoms. The zero-order valence-electron chi connectivity index (χ0n) is 8.74. The van der Waals surface area contributed by atoms with Crippen molar-refractivity contribution in [2.24, 2.45) is 5.73 Å². The van der Waals surface area contributed by atoms with Crippen molar-refractivity contribution >= 4 is 5.91 Å². The van der Waals surface area contributed by atoms with E-state index in [2.05, 4.69) is 5.32 Å². The summed E-state index contributed by atoms with van der Waals surface area (Å²) in [5.41, 5.74) is 5.75. The highest BCUT2D eigenvalue weighted by Crippen LogP contribution is 2.19. The van der Waals surface area contributed by atoms with Crippen LogP contribution in [0.3, 0.4) is 0 Å². The van der Waals surface area contributed by atoms with Gasteiger partial charge in [0.1, 0.15) is 13.2 Å². The first kappa shape index (κ1) is 12.0. The normalized spacial score (nSPS) is 25.6. The molecule has 0 saturated heterocycles. The van der Waals surface area contributed by atoms with E-state index in [-0.39, 0.29) is 31.2 Å². The molecule has 0 aromatic heterocycles. The molecule has 1 saturated carbocycles. The van der Waals surface area contributed by atoms with Gasteiger partial charge in [-0.3, -0.25) is 4.79 Å². The van der Waals surface area contributed by atoms with Gasteiger partial charge < -0.3 is 15.8 Å². The third kappa shape index (κ3) is 4.77. The first-order chi connectivity index (χ1) is 7.22. The number of amides is 1. The quantitative estimate of drug-likeness (QED) is 0.636. The Bertz CT molecular complexity index is 242.